The van der Waals surface area contributed by atoms with E-state index in [0.717, 1.165) is 65.7 Å². The van der Waals surface area contributed by atoms with E-state index < -0.39 is 15.7 Å². The maximum atomic E-state index is 13.1. The summed E-state index contributed by atoms with van der Waals surface area (Å²) in [5.74, 6) is 2.00. The highest BCUT2D eigenvalue weighted by Crippen LogP contribution is 2.31. The number of nitrogens with one attached hydrogen (secondary N) is 4. The number of aliphatic hydroxyl groups excluding tert-OH is 1. The minimum Gasteiger partial charge on any atom is -0.469 e. The molecule has 19 nitrogen and oxygen atoms in total. The largest absolute Gasteiger partial charge is 0.469 e. The lowest BCUT2D eigenvalue weighted by atomic mass is 10.2. The molecule has 7 N–H and O–H groups in total. The molecule has 71 heavy (non-hydrogen) atoms. The molecule has 0 spiro atoms. The van der Waals surface area contributed by atoms with E-state index >= 15 is 0 Å². The number of halogens is 1. The number of nitrogens with zero attached hydrogens (tertiary/aromatic N) is 5. The van der Waals surface area contributed by atoms with E-state index in [2.05, 4.69) is 49.1 Å². The van der Waals surface area contributed by atoms with Gasteiger partial charge in [0, 0.05) is 72.6 Å². The molecule has 6 aromatic rings. The third-order valence-corrected chi connectivity index (χ3v) is 13.8. The summed E-state index contributed by atoms with van der Waals surface area (Å²) in [7, 11) is -3.36. The first-order valence-electron chi connectivity index (χ1n) is 22.9. The molecule has 2 atom stereocenters. The summed E-state index contributed by atoms with van der Waals surface area (Å²) in [5.41, 5.74) is 9.25. The van der Waals surface area contributed by atoms with Crippen molar-refractivity contribution in [1.82, 2.24) is 24.4 Å². The van der Waals surface area contributed by atoms with Gasteiger partial charge in [0.1, 0.15) is 40.0 Å². The van der Waals surface area contributed by atoms with Crippen molar-refractivity contribution in [2.75, 3.05) is 70.8 Å². The van der Waals surface area contributed by atoms with Gasteiger partial charge in [-0.2, -0.15) is 4.98 Å². The molecule has 0 unspecified atom stereocenters. The lowest BCUT2D eigenvalue weighted by Crippen LogP contribution is -2.49. The number of carbonyl (C=O) groups excluding carboxylic acids is 2. The molecule has 6 heterocycles. The molecule has 4 aromatic heterocycles. The molecule has 0 radical (unpaired) electrons. The summed E-state index contributed by atoms with van der Waals surface area (Å²) in [6.45, 7) is 8.53. The number of nitrogens with two attached hydrogens (primary N) is 1. The van der Waals surface area contributed by atoms with Crippen LogP contribution in [-0.2, 0) is 19.5 Å². The highest BCUT2D eigenvalue weighted by atomic mass is 35.5. The Hall–Kier alpha value is -6.17. The van der Waals surface area contributed by atoms with Crippen molar-refractivity contribution in [1.29, 1.82) is 0 Å². The number of pyridine rings is 1. The molecule has 23 heteroatoms. The molecule has 3 fully saturated rings. The molecule has 1 aliphatic carbocycles. The summed E-state index contributed by atoms with van der Waals surface area (Å²) in [6, 6.07) is 19.6. The van der Waals surface area contributed by atoms with E-state index in [-0.39, 0.29) is 42.1 Å². The van der Waals surface area contributed by atoms with Crippen molar-refractivity contribution in [3.05, 3.63) is 123 Å². The van der Waals surface area contributed by atoms with Crippen LogP contribution in [0.2, 0.25) is 5.02 Å². The number of amides is 1. The number of esters is 1. The molecule has 378 valence electrons. The summed E-state index contributed by atoms with van der Waals surface area (Å²) in [6.07, 6.45) is 9.71. The quantitative estimate of drug-likeness (QED) is 0.0521. The number of thiocarbonyl (C=S) groups is 1. The van der Waals surface area contributed by atoms with Crippen molar-refractivity contribution in [3.8, 4) is 0 Å². The second-order valence-electron chi connectivity index (χ2n) is 17.2. The SMILES string of the molecule is CC(C)Nc1cccnc1N1CCN(C(=O)c2cc3cc(NS(C)(=O)=O)ccc3[nH]2)CC1.Cc1occc1C(=S)Nc1ccc(Cl)c(C(=O)OC2CCCC2)c1.Nc1ccn([C@H]2CS[C@H](CO)O2)c(=O)n1. The second kappa shape index (κ2) is 23.8. The standard InChI is InChI=1S/C22H28N6O3S.C18H18ClNO3S.C8H11N3O3S/c1-15(2)24-19-5-4-8-23-21(19)27-9-11-28(12-10-27)22(29)20-14-16-13-17(26-32(3,30)31)6-7-18(16)25-20;1-11-14(8-9-22-11)17(24)20-12-6-7-16(19)15(10-12)18(21)23-13-4-2-3-5-13;9-5-1-2-11(8(13)10-5)6-4-15-7(3-12)14-6/h4-8,13-15,24-26H,9-12H2,1-3H3;6-10,13H,2-5H2,1H3,(H,20,24);1-2,6-7,12H,3-4H2,(H2,9,10,13)/t;;6-,7-/m..1/s1. The summed E-state index contributed by atoms with van der Waals surface area (Å²) in [5, 5.41) is 16.6. The van der Waals surface area contributed by atoms with E-state index in [1.54, 1.807) is 73.3 Å². The average Bonchev–Trinajstić information content (AvgIpc) is 4.18. The normalized spacial score (nSPS) is 17.0. The number of aliphatic hydroxyl groups is 1. The first kappa shape index (κ1) is 52.6. The van der Waals surface area contributed by atoms with Gasteiger partial charge >= 0.3 is 11.7 Å². The number of benzene rings is 2. The smallest absolute Gasteiger partial charge is 0.351 e. The Balaban J connectivity index is 0.000000167. The summed E-state index contributed by atoms with van der Waals surface area (Å²) < 4.78 is 43.0. The van der Waals surface area contributed by atoms with Crippen molar-refractivity contribution in [2.45, 2.75) is 70.3 Å². The van der Waals surface area contributed by atoms with Crippen molar-refractivity contribution in [3.63, 3.8) is 0 Å². The molecule has 1 amide bonds. The van der Waals surface area contributed by atoms with Crippen LogP contribution in [0.15, 0.2) is 94.6 Å². The zero-order chi connectivity index (χ0) is 50.8. The number of ether oxygens (including phenoxy) is 2. The molecular formula is C48H57ClN10O9S3. The maximum Gasteiger partial charge on any atom is 0.351 e. The van der Waals surface area contributed by atoms with E-state index in [0.29, 0.717) is 70.6 Å². The molecule has 9 rings (SSSR count). The first-order chi connectivity index (χ1) is 33.9. The average molecular weight is 1050 g/mol. The Morgan fingerprint density at radius 1 is 1.04 bits per heavy atom. The fraction of sp³-hybridized carbons (Fsp3) is 0.375. The number of hydrogen-bond acceptors (Lipinski definition) is 16. The number of anilines is 5. The number of rotatable bonds is 12. The third-order valence-electron chi connectivity index (χ3n) is 11.4. The number of aryl methyl sites for hydroxylation is 1. The molecular weight excluding hydrogens is 992 g/mol. The van der Waals surface area contributed by atoms with E-state index in [1.807, 2.05) is 24.0 Å². The predicted molar refractivity (Wildman–Crippen MR) is 282 cm³/mol. The van der Waals surface area contributed by atoms with Gasteiger partial charge in [-0.1, -0.05) is 23.8 Å². The zero-order valence-electron chi connectivity index (χ0n) is 39.6. The number of aromatic nitrogens is 4. The molecule has 3 aliphatic rings. The topological polar surface area (TPSA) is 252 Å². The molecule has 2 saturated heterocycles. The highest BCUT2D eigenvalue weighted by Gasteiger charge is 2.28. The van der Waals surface area contributed by atoms with Crippen LogP contribution in [0.4, 0.5) is 28.7 Å². The highest BCUT2D eigenvalue weighted by molar-refractivity contribution is 8.00. The minimum absolute atomic E-state index is 0.000150. The van der Waals surface area contributed by atoms with Gasteiger partial charge in [-0.05, 0) is 113 Å². The number of nitrogen functional groups attached to an aromatic ring is 1. The van der Waals surface area contributed by atoms with Gasteiger partial charge in [0.25, 0.3) is 5.91 Å². The van der Waals surface area contributed by atoms with Crippen LogP contribution in [-0.4, -0.2) is 117 Å². The number of piperazine rings is 1. The zero-order valence-corrected chi connectivity index (χ0v) is 42.8. The van der Waals surface area contributed by atoms with Crippen LogP contribution in [0.25, 0.3) is 10.9 Å². The predicted octanol–water partition coefficient (Wildman–Crippen LogP) is 7.25. The first-order valence-corrected chi connectivity index (χ1v) is 26.6. The summed E-state index contributed by atoms with van der Waals surface area (Å²) >= 11 is 13.0. The fourth-order valence-corrected chi connectivity index (χ4v) is 10.0. The van der Waals surface area contributed by atoms with Gasteiger partial charge < -0.3 is 50.1 Å². The number of furan rings is 1. The minimum atomic E-state index is -3.36. The molecule has 1 saturated carbocycles. The Kier molecular flexibility index (Phi) is 17.7. The number of aromatic amines is 1. The van der Waals surface area contributed by atoms with Gasteiger partial charge in [0.2, 0.25) is 10.0 Å². The van der Waals surface area contributed by atoms with Crippen LogP contribution in [0.3, 0.4) is 0 Å². The van der Waals surface area contributed by atoms with Crippen LogP contribution in [0.1, 0.15) is 77.9 Å². The fourth-order valence-electron chi connectivity index (χ4n) is 8.02. The van der Waals surface area contributed by atoms with E-state index in [1.165, 1.54) is 16.3 Å². The lowest BCUT2D eigenvalue weighted by molar-refractivity contribution is -0.00629. The van der Waals surface area contributed by atoms with E-state index in [4.69, 9.17) is 48.5 Å². The number of thioether (sulfide) groups is 1. The van der Waals surface area contributed by atoms with Gasteiger partial charge in [0.15, 0.2) is 5.82 Å². The van der Waals surface area contributed by atoms with E-state index in [9.17, 15) is 22.8 Å². The number of fused-ring (bicyclic) bond motifs is 1. The van der Waals surface area contributed by atoms with Crippen molar-refractivity contribution >= 4 is 102 Å². The van der Waals surface area contributed by atoms with Gasteiger partial charge in [-0.25, -0.2) is 23.0 Å². The third kappa shape index (κ3) is 14.3. The van der Waals surface area contributed by atoms with Crippen molar-refractivity contribution in [2.24, 2.45) is 0 Å². The van der Waals surface area contributed by atoms with Crippen LogP contribution < -0.4 is 31.7 Å². The molecule has 0 bridgehead atoms. The van der Waals surface area contributed by atoms with Gasteiger partial charge in [-0.15, -0.1) is 11.8 Å². The Labute approximate surface area is 425 Å². The van der Waals surface area contributed by atoms with Crippen LogP contribution in [0.5, 0.6) is 0 Å². The second-order valence-corrected chi connectivity index (χ2v) is 21.0. The Morgan fingerprint density at radius 3 is 2.45 bits per heavy atom. The van der Waals surface area contributed by atoms with Gasteiger partial charge in [0.05, 0.1) is 41.0 Å². The summed E-state index contributed by atoms with van der Waals surface area (Å²) in [4.78, 5) is 52.7. The number of sulfonamides is 1. The number of hydrogen-bond donors (Lipinski definition) is 6. The monoisotopic (exact) mass is 1050 g/mol. The number of H-pyrrole nitrogens is 1. The van der Waals surface area contributed by atoms with Crippen LogP contribution in [0, 0.1) is 6.92 Å². The molecule has 2 aromatic carbocycles. The molecule has 2 aliphatic heterocycles. The lowest BCUT2D eigenvalue weighted by Gasteiger charge is -2.36. The number of carbonyl (C=O) groups is 2. The Morgan fingerprint density at radius 2 is 1.79 bits per heavy atom. The maximum absolute atomic E-state index is 13.1. The van der Waals surface area contributed by atoms with Crippen molar-refractivity contribution < 1.29 is 37.0 Å². The Bertz CT molecular complexity index is 3010. The van der Waals surface area contributed by atoms with Gasteiger partial charge in [-0.3, -0.25) is 14.1 Å². The van der Waals surface area contributed by atoms with Crippen LogP contribution >= 0.6 is 35.6 Å².